The molecule has 0 saturated heterocycles. The number of carbonyl (C=O) groups is 1. The van der Waals surface area contributed by atoms with Crippen LogP contribution < -0.4 is 0 Å². The molecule has 7 atom stereocenters. The summed E-state index contributed by atoms with van der Waals surface area (Å²) in [4.78, 5) is 11.8. The van der Waals surface area contributed by atoms with E-state index in [0.29, 0.717) is 12.3 Å². The fourth-order valence-corrected chi connectivity index (χ4v) is 7.46. The highest BCUT2D eigenvalue weighted by Crippen LogP contribution is 2.71. The van der Waals surface area contributed by atoms with Gasteiger partial charge in [0.25, 0.3) is 0 Å². The van der Waals surface area contributed by atoms with E-state index in [1.54, 1.807) is 12.2 Å². The summed E-state index contributed by atoms with van der Waals surface area (Å²) in [6.07, 6.45) is 7.96. The predicted molar refractivity (Wildman–Crippen MR) is 95.7 cm³/mol. The zero-order valence-corrected chi connectivity index (χ0v) is 16.2. The molecule has 132 valence electrons. The summed E-state index contributed by atoms with van der Waals surface area (Å²) in [5.74, 6) is 0.486. The smallest absolute Gasteiger partial charge is 0.178 e. The molecule has 0 unspecified atom stereocenters. The van der Waals surface area contributed by atoms with E-state index in [1.807, 2.05) is 13.0 Å². The summed E-state index contributed by atoms with van der Waals surface area (Å²) in [6, 6.07) is 0. The van der Waals surface area contributed by atoms with Crippen molar-refractivity contribution >= 4 is 21.7 Å². The molecule has 4 aliphatic carbocycles. The first-order valence-electron chi connectivity index (χ1n) is 9.06. The number of carbonyl (C=O) groups excluding carboxylic acids is 1. The molecule has 3 saturated carbocycles. The molecule has 0 heterocycles. The Morgan fingerprint density at radius 3 is 2.67 bits per heavy atom. The van der Waals surface area contributed by atoms with Crippen LogP contribution in [-0.2, 0) is 4.79 Å². The minimum atomic E-state index is -1.06. The van der Waals surface area contributed by atoms with Gasteiger partial charge >= 0.3 is 0 Å². The molecule has 0 amide bonds. The van der Waals surface area contributed by atoms with Crippen molar-refractivity contribution in [3.05, 3.63) is 23.8 Å². The van der Waals surface area contributed by atoms with E-state index in [9.17, 15) is 9.90 Å². The van der Waals surface area contributed by atoms with E-state index in [-0.39, 0.29) is 17.1 Å². The molecule has 1 N–H and O–H groups in total. The third kappa shape index (κ3) is 1.77. The third-order valence-electron chi connectivity index (χ3n) is 8.16. The van der Waals surface area contributed by atoms with Crippen molar-refractivity contribution in [1.29, 1.82) is 0 Å². The molecule has 4 heteroatoms. The number of aliphatic hydroxyl groups is 1. The molecule has 24 heavy (non-hydrogen) atoms. The van der Waals surface area contributed by atoms with Gasteiger partial charge in [-0.2, -0.15) is 0 Å². The Bertz CT molecular complexity index is 669. The maximum absolute atomic E-state index is 15.7. The van der Waals surface area contributed by atoms with Crippen molar-refractivity contribution in [2.45, 2.75) is 69.0 Å². The lowest BCUT2D eigenvalue weighted by Crippen LogP contribution is -2.66. The molecule has 2 nitrogen and oxygen atoms in total. The van der Waals surface area contributed by atoms with Crippen molar-refractivity contribution < 1.29 is 14.3 Å². The van der Waals surface area contributed by atoms with Crippen molar-refractivity contribution in [1.82, 2.24) is 0 Å². The molecule has 0 aromatic carbocycles. The number of fused-ring (bicyclic) bond motifs is 5. The Labute approximate surface area is 151 Å². The second-order valence-electron chi connectivity index (χ2n) is 9.03. The van der Waals surface area contributed by atoms with E-state index >= 15 is 4.39 Å². The van der Waals surface area contributed by atoms with Gasteiger partial charge in [-0.05, 0) is 63.0 Å². The van der Waals surface area contributed by atoms with Crippen LogP contribution in [0, 0.1) is 22.7 Å². The van der Waals surface area contributed by atoms with Crippen molar-refractivity contribution in [2.75, 3.05) is 0 Å². The lowest BCUT2D eigenvalue weighted by molar-refractivity contribution is -0.127. The molecule has 0 spiro atoms. The molecule has 4 aliphatic rings. The van der Waals surface area contributed by atoms with Crippen LogP contribution in [0.25, 0.3) is 0 Å². The van der Waals surface area contributed by atoms with E-state index in [4.69, 9.17) is 0 Å². The fourth-order valence-electron chi connectivity index (χ4n) is 6.37. The predicted octanol–water partition coefficient (Wildman–Crippen LogP) is 4.51. The average Bonchev–Trinajstić information content (AvgIpc) is 2.72. The maximum atomic E-state index is 15.7. The first kappa shape index (κ1) is 17.0. The van der Waals surface area contributed by atoms with Gasteiger partial charge in [-0.15, -0.1) is 0 Å². The van der Waals surface area contributed by atoms with Gasteiger partial charge in [0.15, 0.2) is 5.78 Å². The number of hydrogen-bond acceptors (Lipinski definition) is 2. The van der Waals surface area contributed by atoms with E-state index < -0.39 is 21.5 Å². The topological polar surface area (TPSA) is 37.3 Å². The first-order chi connectivity index (χ1) is 11.1. The first-order valence-corrected chi connectivity index (χ1v) is 9.85. The second kappa shape index (κ2) is 4.82. The lowest BCUT2D eigenvalue weighted by atomic mass is 9.46. The van der Waals surface area contributed by atoms with Gasteiger partial charge in [0.2, 0.25) is 0 Å². The number of halogens is 2. The molecule has 0 aliphatic heterocycles. The Morgan fingerprint density at radius 2 is 1.96 bits per heavy atom. The third-order valence-corrected chi connectivity index (χ3v) is 10.1. The normalized spacial score (nSPS) is 56.3. The largest absolute Gasteiger partial charge is 0.390 e. The molecule has 4 rings (SSSR count). The van der Waals surface area contributed by atoms with Gasteiger partial charge in [0, 0.05) is 10.8 Å². The SMILES string of the molecule is C[C@]12C=CC(=O)C=C1CC[C@H]1[C@@H]3CC[C@@](C)(O)[C@@]3(C)C[C@H](F)[C@@]12Br. The Kier molecular flexibility index (Phi) is 3.41. The summed E-state index contributed by atoms with van der Waals surface area (Å²) in [7, 11) is 0. The van der Waals surface area contributed by atoms with Crippen LogP contribution in [0.5, 0.6) is 0 Å². The highest BCUT2D eigenvalue weighted by atomic mass is 79.9. The molecule has 0 aromatic heterocycles. The van der Waals surface area contributed by atoms with Crippen LogP contribution in [0.15, 0.2) is 23.8 Å². The summed E-state index contributed by atoms with van der Waals surface area (Å²) in [6.45, 7) is 6.04. The Balaban J connectivity index is 1.84. The van der Waals surface area contributed by atoms with Crippen molar-refractivity contribution in [2.24, 2.45) is 22.7 Å². The molecule has 0 radical (unpaired) electrons. The summed E-state index contributed by atoms with van der Waals surface area (Å²) >= 11 is 3.89. The molecule has 3 fully saturated rings. The average molecular weight is 397 g/mol. The van der Waals surface area contributed by atoms with Crippen LogP contribution in [0.3, 0.4) is 0 Å². The summed E-state index contributed by atoms with van der Waals surface area (Å²) in [5.41, 5.74) is -0.593. The monoisotopic (exact) mass is 396 g/mol. The maximum Gasteiger partial charge on any atom is 0.178 e. The number of alkyl halides is 2. The van der Waals surface area contributed by atoms with Crippen LogP contribution in [0.1, 0.15) is 52.9 Å². The summed E-state index contributed by atoms with van der Waals surface area (Å²) < 4.78 is 15.1. The minimum absolute atomic E-state index is 0.0110. The molecular formula is C20H26BrFO2. The van der Waals surface area contributed by atoms with Gasteiger partial charge in [0.1, 0.15) is 6.17 Å². The number of allylic oxidation sites excluding steroid dienone is 4. The van der Waals surface area contributed by atoms with E-state index in [0.717, 1.165) is 31.3 Å². The van der Waals surface area contributed by atoms with Gasteiger partial charge in [-0.25, -0.2) is 4.39 Å². The Morgan fingerprint density at radius 1 is 1.25 bits per heavy atom. The van der Waals surface area contributed by atoms with Crippen LogP contribution >= 0.6 is 15.9 Å². The van der Waals surface area contributed by atoms with Crippen LogP contribution in [0.2, 0.25) is 0 Å². The van der Waals surface area contributed by atoms with Gasteiger partial charge < -0.3 is 5.11 Å². The van der Waals surface area contributed by atoms with Crippen LogP contribution in [0.4, 0.5) is 4.39 Å². The molecule has 0 aromatic rings. The molecular weight excluding hydrogens is 371 g/mol. The highest BCUT2D eigenvalue weighted by Gasteiger charge is 2.71. The quantitative estimate of drug-likeness (QED) is 0.611. The number of hydrogen-bond donors (Lipinski definition) is 1. The summed E-state index contributed by atoms with van der Waals surface area (Å²) in [5, 5.41) is 10.9. The standard InChI is InChI=1S/C20H26BrFO2/c1-17-8-6-13(23)10-12(17)4-5-15-14-7-9-19(3,24)18(14,2)11-16(22)20(15,17)21/h6,8,10,14-16,24H,4-5,7,9,11H2,1-3H3/t14-,15-,16-,17-,18-,19+,20-/m0/s1. The van der Waals surface area contributed by atoms with Crippen LogP contribution in [-0.4, -0.2) is 27.0 Å². The zero-order chi connectivity index (χ0) is 17.5. The van der Waals surface area contributed by atoms with Gasteiger partial charge in [-0.3, -0.25) is 4.79 Å². The second-order valence-corrected chi connectivity index (χ2v) is 10.3. The van der Waals surface area contributed by atoms with Crippen molar-refractivity contribution in [3.8, 4) is 0 Å². The number of rotatable bonds is 0. The lowest BCUT2D eigenvalue weighted by Gasteiger charge is -2.63. The zero-order valence-electron chi connectivity index (χ0n) is 14.6. The van der Waals surface area contributed by atoms with Gasteiger partial charge in [-0.1, -0.05) is 41.4 Å². The highest BCUT2D eigenvalue weighted by molar-refractivity contribution is 9.10. The number of ketones is 1. The minimum Gasteiger partial charge on any atom is -0.390 e. The van der Waals surface area contributed by atoms with Crippen molar-refractivity contribution in [3.63, 3.8) is 0 Å². The molecule has 0 bridgehead atoms. The Hall–Kier alpha value is -0.480. The fraction of sp³-hybridized carbons (Fsp3) is 0.750. The van der Waals surface area contributed by atoms with E-state index in [1.165, 1.54) is 0 Å². The van der Waals surface area contributed by atoms with Gasteiger partial charge in [0.05, 0.1) is 9.93 Å². The van der Waals surface area contributed by atoms with E-state index in [2.05, 4.69) is 29.8 Å².